The van der Waals surface area contributed by atoms with Crippen molar-refractivity contribution in [2.75, 3.05) is 0 Å². The molecule has 2 heterocycles. The lowest BCUT2D eigenvalue weighted by Gasteiger charge is -1.96. The van der Waals surface area contributed by atoms with Crippen molar-refractivity contribution in [3.63, 3.8) is 0 Å². The standard InChI is InChI=1S/C8H8ClN3O2S/c1-2-6-8(15(9,13)14)12-7(11-6)4-3-5-10-12/h3-5H,2H2,1H3. The molecule has 2 aromatic rings. The molecule has 0 radical (unpaired) electrons. The summed E-state index contributed by atoms with van der Waals surface area (Å²) in [4.78, 5) is 4.13. The predicted molar refractivity (Wildman–Crippen MR) is 55.4 cm³/mol. The molecule has 15 heavy (non-hydrogen) atoms. The molecule has 0 bridgehead atoms. The zero-order valence-electron chi connectivity index (χ0n) is 7.88. The van der Waals surface area contributed by atoms with Crippen molar-refractivity contribution in [1.82, 2.24) is 14.6 Å². The van der Waals surface area contributed by atoms with E-state index in [1.165, 1.54) is 10.7 Å². The molecule has 2 rings (SSSR count). The van der Waals surface area contributed by atoms with E-state index in [0.29, 0.717) is 17.8 Å². The van der Waals surface area contributed by atoms with E-state index in [0.717, 1.165) is 0 Å². The molecule has 0 fully saturated rings. The highest BCUT2D eigenvalue weighted by atomic mass is 35.7. The minimum atomic E-state index is -3.82. The van der Waals surface area contributed by atoms with E-state index in [1.807, 2.05) is 6.92 Å². The minimum Gasteiger partial charge on any atom is -0.231 e. The topological polar surface area (TPSA) is 64.3 Å². The van der Waals surface area contributed by atoms with E-state index in [9.17, 15) is 8.42 Å². The van der Waals surface area contributed by atoms with Crippen LogP contribution in [0.5, 0.6) is 0 Å². The number of hydrogen-bond acceptors (Lipinski definition) is 4. The third-order valence-corrected chi connectivity index (χ3v) is 3.29. The summed E-state index contributed by atoms with van der Waals surface area (Å²) < 4.78 is 23.9. The Balaban J connectivity index is 2.91. The Labute approximate surface area is 91.1 Å². The van der Waals surface area contributed by atoms with Gasteiger partial charge in [0.15, 0.2) is 10.7 Å². The highest BCUT2D eigenvalue weighted by molar-refractivity contribution is 8.13. The Bertz CT molecular complexity index is 605. The zero-order valence-corrected chi connectivity index (χ0v) is 9.46. The van der Waals surface area contributed by atoms with Crippen molar-refractivity contribution in [1.29, 1.82) is 0 Å². The van der Waals surface area contributed by atoms with Gasteiger partial charge in [0.1, 0.15) is 0 Å². The highest BCUT2D eigenvalue weighted by Gasteiger charge is 2.22. The van der Waals surface area contributed by atoms with E-state index in [4.69, 9.17) is 10.7 Å². The quantitative estimate of drug-likeness (QED) is 0.747. The molecule has 5 nitrogen and oxygen atoms in total. The van der Waals surface area contributed by atoms with Crippen LogP contribution in [0, 0.1) is 0 Å². The lowest BCUT2D eigenvalue weighted by Crippen LogP contribution is -2.02. The van der Waals surface area contributed by atoms with Gasteiger partial charge < -0.3 is 0 Å². The van der Waals surface area contributed by atoms with E-state index in [2.05, 4.69) is 10.1 Å². The van der Waals surface area contributed by atoms with Crippen LogP contribution in [0.25, 0.3) is 5.65 Å². The van der Waals surface area contributed by atoms with Crippen molar-refractivity contribution in [3.8, 4) is 0 Å². The number of fused-ring (bicyclic) bond motifs is 1. The number of hydrogen-bond donors (Lipinski definition) is 0. The summed E-state index contributed by atoms with van der Waals surface area (Å²) in [5.41, 5.74) is 0.914. The van der Waals surface area contributed by atoms with E-state index in [1.54, 1.807) is 12.1 Å². The summed E-state index contributed by atoms with van der Waals surface area (Å²) in [7, 11) is 1.52. The summed E-state index contributed by atoms with van der Waals surface area (Å²) in [5, 5.41) is 3.87. The zero-order chi connectivity index (χ0) is 11.1. The molecule has 0 saturated heterocycles. The van der Waals surface area contributed by atoms with Crippen LogP contribution in [-0.4, -0.2) is 23.0 Å². The molecule has 0 aromatic carbocycles. The van der Waals surface area contributed by atoms with Gasteiger partial charge in [0.05, 0.1) is 5.69 Å². The first kappa shape index (κ1) is 10.4. The van der Waals surface area contributed by atoms with Crippen molar-refractivity contribution in [2.45, 2.75) is 18.4 Å². The third kappa shape index (κ3) is 1.70. The lowest BCUT2D eigenvalue weighted by atomic mass is 10.4. The van der Waals surface area contributed by atoms with Gasteiger partial charge in [0.25, 0.3) is 9.05 Å². The summed E-state index contributed by atoms with van der Waals surface area (Å²) in [6, 6.07) is 3.37. The average Bonchev–Trinajstić information content (AvgIpc) is 2.54. The maximum atomic E-state index is 11.4. The van der Waals surface area contributed by atoms with Gasteiger partial charge in [-0.3, -0.25) is 0 Å². The fourth-order valence-corrected chi connectivity index (χ4v) is 2.67. The Morgan fingerprint density at radius 3 is 2.87 bits per heavy atom. The second kappa shape index (κ2) is 3.46. The van der Waals surface area contributed by atoms with Gasteiger partial charge in [0, 0.05) is 16.9 Å². The van der Waals surface area contributed by atoms with Crippen LogP contribution in [-0.2, 0) is 15.5 Å². The Kier molecular flexibility index (Phi) is 2.40. The van der Waals surface area contributed by atoms with E-state index < -0.39 is 9.05 Å². The van der Waals surface area contributed by atoms with Crippen LogP contribution in [0.3, 0.4) is 0 Å². The van der Waals surface area contributed by atoms with E-state index >= 15 is 0 Å². The number of aromatic nitrogens is 3. The smallest absolute Gasteiger partial charge is 0.231 e. The maximum absolute atomic E-state index is 11.4. The molecule has 0 aliphatic rings. The first-order valence-electron chi connectivity index (χ1n) is 4.31. The Morgan fingerprint density at radius 2 is 2.27 bits per heavy atom. The maximum Gasteiger partial charge on any atom is 0.280 e. The summed E-state index contributed by atoms with van der Waals surface area (Å²) in [6.07, 6.45) is 1.98. The fraction of sp³-hybridized carbons (Fsp3) is 0.250. The normalized spacial score (nSPS) is 12.1. The molecule has 0 unspecified atom stereocenters. The highest BCUT2D eigenvalue weighted by Crippen LogP contribution is 2.20. The lowest BCUT2D eigenvalue weighted by molar-refractivity contribution is 0.600. The molecule has 0 amide bonds. The molecule has 0 aliphatic heterocycles. The van der Waals surface area contributed by atoms with Gasteiger partial charge in [-0.2, -0.15) is 5.10 Å². The predicted octanol–water partition coefficient (Wildman–Crippen LogP) is 1.22. The first-order chi connectivity index (χ1) is 7.04. The van der Waals surface area contributed by atoms with Gasteiger partial charge in [-0.05, 0) is 18.6 Å². The van der Waals surface area contributed by atoms with Gasteiger partial charge in [-0.1, -0.05) is 6.92 Å². The second-order valence-electron chi connectivity index (χ2n) is 2.95. The number of nitrogens with zero attached hydrogens (tertiary/aromatic N) is 3. The van der Waals surface area contributed by atoms with Gasteiger partial charge in [-0.25, -0.2) is 17.9 Å². The molecule has 0 saturated carbocycles. The first-order valence-corrected chi connectivity index (χ1v) is 6.62. The third-order valence-electron chi connectivity index (χ3n) is 1.99. The van der Waals surface area contributed by atoms with Crippen molar-refractivity contribution < 1.29 is 8.42 Å². The van der Waals surface area contributed by atoms with Crippen LogP contribution >= 0.6 is 10.7 Å². The average molecular weight is 246 g/mol. The second-order valence-corrected chi connectivity index (χ2v) is 5.43. The number of aryl methyl sites for hydroxylation is 1. The molecular weight excluding hydrogens is 238 g/mol. The molecule has 0 spiro atoms. The monoisotopic (exact) mass is 245 g/mol. The van der Waals surface area contributed by atoms with Crippen molar-refractivity contribution >= 4 is 25.4 Å². The van der Waals surface area contributed by atoms with E-state index in [-0.39, 0.29) is 5.03 Å². The Morgan fingerprint density at radius 1 is 1.53 bits per heavy atom. The van der Waals surface area contributed by atoms with Crippen molar-refractivity contribution in [3.05, 3.63) is 24.0 Å². The molecule has 0 aliphatic carbocycles. The number of halogens is 1. The van der Waals surface area contributed by atoms with Crippen molar-refractivity contribution in [2.24, 2.45) is 0 Å². The molecular formula is C8H8ClN3O2S. The summed E-state index contributed by atoms with van der Waals surface area (Å²) >= 11 is 0. The molecule has 80 valence electrons. The molecule has 2 aromatic heterocycles. The van der Waals surface area contributed by atoms with Crippen LogP contribution in [0.4, 0.5) is 0 Å². The SMILES string of the molecule is CCc1nc2cccnn2c1S(=O)(=O)Cl. The largest absolute Gasteiger partial charge is 0.280 e. The number of rotatable bonds is 2. The summed E-state index contributed by atoms with van der Waals surface area (Å²) in [5.74, 6) is 0. The van der Waals surface area contributed by atoms with Crippen LogP contribution < -0.4 is 0 Å². The molecule has 0 N–H and O–H groups in total. The van der Waals surface area contributed by atoms with Gasteiger partial charge >= 0.3 is 0 Å². The Hall–Kier alpha value is -1.14. The van der Waals surface area contributed by atoms with Crippen LogP contribution in [0.1, 0.15) is 12.6 Å². The molecule has 0 atom stereocenters. The summed E-state index contributed by atoms with van der Waals surface area (Å²) in [6.45, 7) is 1.81. The molecule has 7 heteroatoms. The van der Waals surface area contributed by atoms with Gasteiger partial charge in [0.2, 0.25) is 0 Å². The fourth-order valence-electron chi connectivity index (χ4n) is 1.39. The number of imidazole rings is 1. The van der Waals surface area contributed by atoms with Crippen LogP contribution in [0.2, 0.25) is 0 Å². The minimum absolute atomic E-state index is 0.0396. The van der Waals surface area contributed by atoms with Gasteiger partial charge in [-0.15, -0.1) is 0 Å². The van der Waals surface area contributed by atoms with Crippen LogP contribution in [0.15, 0.2) is 23.4 Å².